The summed E-state index contributed by atoms with van der Waals surface area (Å²) in [4.78, 5) is 11.9. The van der Waals surface area contributed by atoms with E-state index in [1.54, 1.807) is 0 Å². The lowest BCUT2D eigenvalue weighted by Crippen LogP contribution is -2.42. The normalized spacial score (nSPS) is 30.3. The van der Waals surface area contributed by atoms with Gasteiger partial charge in [-0.2, -0.15) is 0 Å². The predicted molar refractivity (Wildman–Crippen MR) is 75.7 cm³/mol. The van der Waals surface area contributed by atoms with Gasteiger partial charge in [0.2, 0.25) is 0 Å². The highest BCUT2D eigenvalue weighted by atomic mass is 16.6. The largest absolute Gasteiger partial charge is 0.444 e. The Bertz CT molecular complexity index is 336. The van der Waals surface area contributed by atoms with Crippen molar-refractivity contribution in [1.82, 2.24) is 10.6 Å². The Morgan fingerprint density at radius 2 is 1.95 bits per heavy atom. The van der Waals surface area contributed by atoms with Crippen LogP contribution in [0.3, 0.4) is 0 Å². The number of hydrogen-bond donors (Lipinski definition) is 2. The van der Waals surface area contributed by atoms with Crippen LogP contribution in [0.15, 0.2) is 0 Å². The highest BCUT2D eigenvalue weighted by molar-refractivity contribution is 5.67. The molecule has 2 saturated heterocycles. The number of amides is 1. The second kappa shape index (κ2) is 6.31. The highest BCUT2D eigenvalue weighted by Gasteiger charge is 2.42. The monoisotopic (exact) mass is 282 g/mol. The fourth-order valence-corrected chi connectivity index (χ4v) is 3.71. The Hall–Kier alpha value is -0.810. The van der Waals surface area contributed by atoms with Crippen LogP contribution in [0.5, 0.6) is 0 Å². The standard InChI is InChI=1S/C15H26N2O3/c18-14(17-12-4-2-1-3-5-12)20-13-10-15(19-11-13)6-8-16-9-7-15/h12-13,16H,1-11H2,(H,17,18). The number of piperidine rings is 1. The molecular weight excluding hydrogens is 256 g/mol. The molecule has 1 aliphatic carbocycles. The Balaban J connectivity index is 1.43. The molecule has 1 unspecified atom stereocenters. The quantitative estimate of drug-likeness (QED) is 0.813. The molecular formula is C15H26N2O3. The van der Waals surface area contributed by atoms with Gasteiger partial charge in [-0.25, -0.2) is 4.79 Å². The van der Waals surface area contributed by atoms with E-state index in [-0.39, 0.29) is 17.8 Å². The molecule has 0 bridgehead atoms. The number of alkyl carbamates (subject to hydrolysis) is 1. The van der Waals surface area contributed by atoms with Crippen molar-refractivity contribution in [1.29, 1.82) is 0 Å². The molecule has 2 N–H and O–H groups in total. The fourth-order valence-electron chi connectivity index (χ4n) is 3.71. The molecule has 5 heteroatoms. The molecule has 5 nitrogen and oxygen atoms in total. The van der Waals surface area contributed by atoms with Crippen molar-refractivity contribution in [2.75, 3.05) is 19.7 Å². The van der Waals surface area contributed by atoms with E-state index in [0.717, 1.165) is 45.2 Å². The van der Waals surface area contributed by atoms with Crippen molar-refractivity contribution >= 4 is 6.09 Å². The summed E-state index contributed by atoms with van der Waals surface area (Å²) in [5.41, 5.74) is -0.0406. The number of hydrogen-bond acceptors (Lipinski definition) is 4. The van der Waals surface area contributed by atoms with Crippen LogP contribution in [0.4, 0.5) is 4.79 Å². The van der Waals surface area contributed by atoms with Crippen LogP contribution in [0.2, 0.25) is 0 Å². The molecule has 3 rings (SSSR count). The van der Waals surface area contributed by atoms with Gasteiger partial charge in [0.25, 0.3) is 0 Å². The summed E-state index contributed by atoms with van der Waals surface area (Å²) >= 11 is 0. The fraction of sp³-hybridized carbons (Fsp3) is 0.933. The molecule has 1 atom stereocenters. The smallest absolute Gasteiger partial charge is 0.407 e. The van der Waals surface area contributed by atoms with Gasteiger partial charge in [-0.05, 0) is 38.8 Å². The number of rotatable bonds is 2. The van der Waals surface area contributed by atoms with Crippen molar-refractivity contribution in [2.45, 2.75) is 69.1 Å². The van der Waals surface area contributed by atoms with E-state index < -0.39 is 0 Å². The van der Waals surface area contributed by atoms with E-state index in [0.29, 0.717) is 12.6 Å². The molecule has 0 aromatic rings. The molecule has 2 aliphatic heterocycles. The first kappa shape index (κ1) is 14.1. The van der Waals surface area contributed by atoms with Crippen LogP contribution in [0.25, 0.3) is 0 Å². The average molecular weight is 282 g/mol. The van der Waals surface area contributed by atoms with Crippen LogP contribution in [-0.2, 0) is 9.47 Å². The summed E-state index contributed by atoms with van der Waals surface area (Å²) in [5.74, 6) is 0. The molecule has 0 aromatic heterocycles. The molecule has 3 aliphatic rings. The van der Waals surface area contributed by atoms with Gasteiger partial charge < -0.3 is 20.1 Å². The molecule has 2 heterocycles. The molecule has 0 radical (unpaired) electrons. The lowest BCUT2D eigenvalue weighted by molar-refractivity contribution is -0.0213. The second-order valence-corrected chi connectivity index (χ2v) is 6.45. The van der Waals surface area contributed by atoms with Gasteiger partial charge in [-0.1, -0.05) is 19.3 Å². The first-order valence-corrected chi connectivity index (χ1v) is 8.08. The molecule has 1 spiro atoms. The first-order chi connectivity index (χ1) is 9.76. The number of carbonyl (C=O) groups excluding carboxylic acids is 1. The summed E-state index contributed by atoms with van der Waals surface area (Å²) in [6, 6.07) is 0.311. The Morgan fingerprint density at radius 1 is 1.20 bits per heavy atom. The number of nitrogens with one attached hydrogen (secondary N) is 2. The van der Waals surface area contributed by atoms with Crippen molar-refractivity contribution in [3.05, 3.63) is 0 Å². The Kier molecular flexibility index (Phi) is 4.46. The second-order valence-electron chi connectivity index (χ2n) is 6.45. The van der Waals surface area contributed by atoms with Gasteiger partial charge in [-0.3, -0.25) is 0 Å². The summed E-state index contributed by atoms with van der Waals surface area (Å²) in [5, 5.41) is 6.35. The molecule has 20 heavy (non-hydrogen) atoms. The zero-order valence-corrected chi connectivity index (χ0v) is 12.2. The minimum Gasteiger partial charge on any atom is -0.444 e. The van der Waals surface area contributed by atoms with E-state index in [4.69, 9.17) is 9.47 Å². The summed E-state index contributed by atoms with van der Waals surface area (Å²) in [6.45, 7) is 2.56. The van der Waals surface area contributed by atoms with E-state index >= 15 is 0 Å². The van der Waals surface area contributed by atoms with Gasteiger partial charge >= 0.3 is 6.09 Å². The van der Waals surface area contributed by atoms with Gasteiger partial charge in [0.1, 0.15) is 6.10 Å². The van der Waals surface area contributed by atoms with Crippen LogP contribution < -0.4 is 10.6 Å². The Labute approximate surface area is 120 Å². The SMILES string of the molecule is O=C(NC1CCCCC1)OC1COC2(CCNCC2)C1. The third kappa shape index (κ3) is 3.44. The predicted octanol–water partition coefficient (Wildman–Crippen LogP) is 1.96. The van der Waals surface area contributed by atoms with Gasteiger partial charge in [0.05, 0.1) is 12.2 Å². The van der Waals surface area contributed by atoms with E-state index in [1.807, 2.05) is 0 Å². The van der Waals surface area contributed by atoms with Crippen LogP contribution in [0.1, 0.15) is 51.4 Å². The zero-order valence-electron chi connectivity index (χ0n) is 12.2. The highest BCUT2D eigenvalue weighted by Crippen LogP contribution is 2.35. The van der Waals surface area contributed by atoms with Crippen LogP contribution in [-0.4, -0.2) is 43.5 Å². The maximum absolute atomic E-state index is 11.9. The number of carbonyl (C=O) groups is 1. The first-order valence-electron chi connectivity index (χ1n) is 8.08. The van der Waals surface area contributed by atoms with E-state index in [2.05, 4.69) is 10.6 Å². The summed E-state index contributed by atoms with van der Waals surface area (Å²) in [7, 11) is 0. The van der Waals surface area contributed by atoms with Crippen LogP contribution >= 0.6 is 0 Å². The minimum atomic E-state index is -0.253. The third-order valence-corrected chi connectivity index (χ3v) is 4.89. The maximum atomic E-state index is 11.9. The average Bonchev–Trinajstić information content (AvgIpc) is 2.83. The molecule has 114 valence electrons. The van der Waals surface area contributed by atoms with Gasteiger partial charge in [-0.15, -0.1) is 0 Å². The van der Waals surface area contributed by atoms with Crippen LogP contribution in [0, 0.1) is 0 Å². The Morgan fingerprint density at radius 3 is 2.70 bits per heavy atom. The molecule has 1 amide bonds. The lowest BCUT2D eigenvalue weighted by atomic mass is 9.89. The van der Waals surface area contributed by atoms with Crippen molar-refractivity contribution in [3.63, 3.8) is 0 Å². The van der Waals surface area contributed by atoms with E-state index in [9.17, 15) is 4.79 Å². The topological polar surface area (TPSA) is 59.6 Å². The van der Waals surface area contributed by atoms with Gasteiger partial charge in [0, 0.05) is 12.5 Å². The van der Waals surface area contributed by atoms with Crippen molar-refractivity contribution in [2.24, 2.45) is 0 Å². The van der Waals surface area contributed by atoms with E-state index in [1.165, 1.54) is 19.3 Å². The molecule has 1 saturated carbocycles. The molecule has 3 fully saturated rings. The molecule has 0 aromatic carbocycles. The zero-order chi connectivity index (χ0) is 13.8. The third-order valence-electron chi connectivity index (χ3n) is 4.89. The minimum absolute atomic E-state index is 0.0406. The number of ether oxygens (including phenoxy) is 2. The lowest BCUT2D eigenvalue weighted by Gasteiger charge is -2.32. The maximum Gasteiger partial charge on any atom is 0.407 e. The summed E-state index contributed by atoms with van der Waals surface area (Å²) < 4.78 is 11.5. The van der Waals surface area contributed by atoms with Crippen molar-refractivity contribution in [3.8, 4) is 0 Å². The van der Waals surface area contributed by atoms with Crippen molar-refractivity contribution < 1.29 is 14.3 Å². The summed E-state index contributed by atoms with van der Waals surface area (Å²) in [6.07, 6.45) is 8.48. The van der Waals surface area contributed by atoms with Gasteiger partial charge in [0.15, 0.2) is 0 Å².